The molecule has 2 aromatic rings. The van der Waals surface area contributed by atoms with E-state index in [0.29, 0.717) is 30.8 Å². The molecule has 1 saturated carbocycles. The number of benzene rings is 1. The van der Waals surface area contributed by atoms with E-state index < -0.39 is 0 Å². The number of nitriles is 1. The van der Waals surface area contributed by atoms with Crippen LogP contribution < -0.4 is 10.5 Å². The fraction of sp³-hybridized carbons (Fsp3) is 0.381. The van der Waals surface area contributed by atoms with Gasteiger partial charge in [-0.1, -0.05) is 12.1 Å². The van der Waals surface area contributed by atoms with Crippen molar-refractivity contribution in [2.45, 2.75) is 25.8 Å². The standard InChI is InChI=1S/C21H22N4O3/c22-11-16-19(13-3-5-15(6-4-13)28-10-9-26)17-12-25(21(27)14-1-2-14)8-7-18(17)24-20(16)23/h3-6,14,26H,1-2,7-10,12H2,(H2,23,24). The van der Waals surface area contributed by atoms with Gasteiger partial charge in [0.25, 0.3) is 0 Å². The van der Waals surface area contributed by atoms with Gasteiger partial charge in [0.05, 0.1) is 12.3 Å². The predicted molar refractivity (Wildman–Crippen MR) is 103 cm³/mol. The lowest BCUT2D eigenvalue weighted by atomic mass is 9.91. The number of fused-ring (bicyclic) bond motifs is 1. The molecule has 0 spiro atoms. The highest BCUT2D eigenvalue weighted by atomic mass is 16.5. The van der Waals surface area contributed by atoms with Crippen molar-refractivity contribution >= 4 is 11.7 Å². The highest BCUT2D eigenvalue weighted by Gasteiger charge is 2.36. The summed E-state index contributed by atoms with van der Waals surface area (Å²) in [5.74, 6) is 1.21. The molecule has 0 atom stereocenters. The topological polar surface area (TPSA) is 112 Å². The molecule has 144 valence electrons. The average molecular weight is 378 g/mol. The Morgan fingerprint density at radius 1 is 1.36 bits per heavy atom. The summed E-state index contributed by atoms with van der Waals surface area (Å²) in [6.07, 6.45) is 2.57. The molecule has 4 rings (SSSR count). The van der Waals surface area contributed by atoms with Crippen LogP contribution >= 0.6 is 0 Å². The third kappa shape index (κ3) is 3.39. The second-order valence-corrected chi connectivity index (χ2v) is 7.16. The molecule has 1 amide bonds. The van der Waals surface area contributed by atoms with Crippen molar-refractivity contribution in [2.75, 3.05) is 25.5 Å². The van der Waals surface area contributed by atoms with Crippen LogP contribution in [-0.2, 0) is 17.8 Å². The maximum absolute atomic E-state index is 12.6. The quantitative estimate of drug-likeness (QED) is 0.821. The van der Waals surface area contributed by atoms with Gasteiger partial charge in [-0.05, 0) is 30.5 Å². The van der Waals surface area contributed by atoms with Crippen molar-refractivity contribution in [1.29, 1.82) is 5.26 Å². The first-order chi connectivity index (χ1) is 13.6. The minimum absolute atomic E-state index is 0.0560. The van der Waals surface area contributed by atoms with Crippen molar-refractivity contribution in [1.82, 2.24) is 9.88 Å². The Kier molecular flexibility index (Phi) is 4.88. The molecular weight excluding hydrogens is 356 g/mol. The third-order valence-electron chi connectivity index (χ3n) is 5.23. The van der Waals surface area contributed by atoms with E-state index in [1.807, 2.05) is 17.0 Å². The van der Waals surface area contributed by atoms with Gasteiger partial charge in [0.15, 0.2) is 0 Å². The van der Waals surface area contributed by atoms with Crippen LogP contribution in [-0.4, -0.2) is 40.7 Å². The van der Waals surface area contributed by atoms with E-state index in [1.54, 1.807) is 12.1 Å². The molecular formula is C21H22N4O3. The summed E-state index contributed by atoms with van der Waals surface area (Å²) in [7, 11) is 0. The van der Waals surface area contributed by atoms with Gasteiger partial charge in [-0.15, -0.1) is 0 Å². The van der Waals surface area contributed by atoms with Crippen molar-refractivity contribution in [3.63, 3.8) is 0 Å². The number of amides is 1. The first-order valence-corrected chi connectivity index (χ1v) is 9.46. The number of anilines is 1. The summed E-state index contributed by atoms with van der Waals surface area (Å²) in [6.45, 7) is 1.25. The number of carbonyl (C=O) groups is 1. The lowest BCUT2D eigenvalue weighted by molar-refractivity contribution is -0.133. The number of hydrogen-bond donors (Lipinski definition) is 2. The molecule has 1 aromatic carbocycles. The lowest BCUT2D eigenvalue weighted by Gasteiger charge is -2.30. The van der Waals surface area contributed by atoms with Crippen LogP contribution in [0, 0.1) is 17.2 Å². The monoisotopic (exact) mass is 378 g/mol. The van der Waals surface area contributed by atoms with Crippen LogP contribution in [0.4, 0.5) is 5.82 Å². The Labute approximate surface area is 163 Å². The van der Waals surface area contributed by atoms with Gasteiger partial charge in [0, 0.05) is 36.6 Å². The number of hydrogen-bond acceptors (Lipinski definition) is 6. The van der Waals surface area contributed by atoms with Gasteiger partial charge in [-0.2, -0.15) is 5.26 Å². The summed E-state index contributed by atoms with van der Waals surface area (Å²) < 4.78 is 5.42. The molecule has 1 fully saturated rings. The van der Waals surface area contributed by atoms with E-state index in [2.05, 4.69) is 11.1 Å². The molecule has 0 radical (unpaired) electrons. The molecule has 3 N–H and O–H groups in total. The number of carbonyl (C=O) groups excluding carboxylic acids is 1. The number of ether oxygens (including phenoxy) is 1. The maximum Gasteiger partial charge on any atom is 0.225 e. The molecule has 0 saturated heterocycles. The van der Waals surface area contributed by atoms with Crippen LogP contribution in [0.1, 0.15) is 29.7 Å². The van der Waals surface area contributed by atoms with E-state index in [1.165, 1.54) is 0 Å². The number of aromatic nitrogens is 1. The number of pyridine rings is 1. The van der Waals surface area contributed by atoms with E-state index in [9.17, 15) is 10.1 Å². The first kappa shape index (κ1) is 18.3. The number of nitrogen functional groups attached to an aromatic ring is 1. The van der Waals surface area contributed by atoms with E-state index in [4.69, 9.17) is 15.6 Å². The lowest BCUT2D eigenvalue weighted by Crippen LogP contribution is -2.37. The molecule has 2 heterocycles. The number of aliphatic hydroxyl groups excluding tert-OH is 1. The SMILES string of the molecule is N#Cc1c(N)nc2c(c1-c1ccc(OCCO)cc1)CN(C(=O)C1CC1)CC2. The highest BCUT2D eigenvalue weighted by Crippen LogP contribution is 2.38. The smallest absolute Gasteiger partial charge is 0.225 e. The maximum atomic E-state index is 12.6. The number of rotatable bonds is 5. The van der Waals surface area contributed by atoms with Crippen molar-refractivity contribution in [2.24, 2.45) is 5.92 Å². The number of aliphatic hydroxyl groups is 1. The predicted octanol–water partition coefficient (Wildman–Crippen LogP) is 1.87. The Morgan fingerprint density at radius 3 is 2.75 bits per heavy atom. The van der Waals surface area contributed by atoms with Gasteiger partial charge in [0.2, 0.25) is 5.91 Å². The van der Waals surface area contributed by atoms with Crippen LogP contribution in [0.15, 0.2) is 24.3 Å². The van der Waals surface area contributed by atoms with Crippen LogP contribution in [0.5, 0.6) is 5.75 Å². The molecule has 7 heteroatoms. The Bertz CT molecular complexity index is 946. The fourth-order valence-electron chi connectivity index (χ4n) is 3.67. The fourth-order valence-corrected chi connectivity index (χ4v) is 3.67. The second-order valence-electron chi connectivity index (χ2n) is 7.16. The Morgan fingerprint density at radius 2 is 2.11 bits per heavy atom. The Balaban J connectivity index is 1.74. The summed E-state index contributed by atoms with van der Waals surface area (Å²) in [4.78, 5) is 18.9. The average Bonchev–Trinajstić information content (AvgIpc) is 3.56. The summed E-state index contributed by atoms with van der Waals surface area (Å²) in [5.41, 5.74) is 9.74. The molecule has 28 heavy (non-hydrogen) atoms. The summed E-state index contributed by atoms with van der Waals surface area (Å²) >= 11 is 0. The zero-order valence-electron chi connectivity index (χ0n) is 15.5. The molecule has 1 aliphatic carbocycles. The largest absolute Gasteiger partial charge is 0.491 e. The van der Waals surface area contributed by atoms with Gasteiger partial charge < -0.3 is 20.5 Å². The van der Waals surface area contributed by atoms with E-state index >= 15 is 0 Å². The van der Waals surface area contributed by atoms with Crippen molar-refractivity contribution < 1.29 is 14.6 Å². The normalized spacial score (nSPS) is 15.6. The number of nitrogens with zero attached hydrogens (tertiary/aromatic N) is 3. The third-order valence-corrected chi connectivity index (χ3v) is 5.23. The summed E-state index contributed by atoms with van der Waals surface area (Å²) in [6, 6.07) is 9.51. The summed E-state index contributed by atoms with van der Waals surface area (Å²) in [5, 5.41) is 18.6. The first-order valence-electron chi connectivity index (χ1n) is 9.46. The Hall–Kier alpha value is -3.11. The molecule has 0 bridgehead atoms. The molecule has 0 unspecified atom stereocenters. The van der Waals surface area contributed by atoms with Gasteiger partial charge >= 0.3 is 0 Å². The zero-order valence-corrected chi connectivity index (χ0v) is 15.5. The van der Waals surface area contributed by atoms with E-state index in [-0.39, 0.29) is 30.9 Å². The molecule has 7 nitrogen and oxygen atoms in total. The van der Waals surface area contributed by atoms with Gasteiger partial charge in [-0.3, -0.25) is 4.79 Å². The molecule has 1 aromatic heterocycles. The van der Waals surface area contributed by atoms with Crippen molar-refractivity contribution in [3.8, 4) is 22.9 Å². The zero-order chi connectivity index (χ0) is 19.7. The molecule has 2 aliphatic rings. The van der Waals surface area contributed by atoms with Gasteiger partial charge in [0.1, 0.15) is 29.8 Å². The van der Waals surface area contributed by atoms with Gasteiger partial charge in [-0.25, -0.2) is 4.98 Å². The van der Waals surface area contributed by atoms with E-state index in [0.717, 1.165) is 35.2 Å². The minimum atomic E-state index is -0.0560. The van der Waals surface area contributed by atoms with Crippen LogP contribution in [0.25, 0.3) is 11.1 Å². The minimum Gasteiger partial charge on any atom is -0.491 e. The van der Waals surface area contributed by atoms with Crippen molar-refractivity contribution in [3.05, 3.63) is 41.1 Å². The second kappa shape index (κ2) is 7.49. The number of nitrogens with two attached hydrogens (primary N) is 1. The highest BCUT2D eigenvalue weighted by molar-refractivity contribution is 5.83. The van der Waals surface area contributed by atoms with Crippen LogP contribution in [0.2, 0.25) is 0 Å². The van der Waals surface area contributed by atoms with Crippen LogP contribution in [0.3, 0.4) is 0 Å². The molecule has 1 aliphatic heterocycles.